The van der Waals surface area contributed by atoms with E-state index in [1.165, 1.54) is 12.3 Å². The first kappa shape index (κ1) is 7.83. The van der Waals surface area contributed by atoms with Crippen LogP contribution in [0.4, 0.5) is 5.69 Å². The third kappa shape index (κ3) is 1.82. The summed E-state index contributed by atoms with van der Waals surface area (Å²) in [5.41, 5.74) is 6.77. The number of anilines is 1. The van der Waals surface area contributed by atoms with Crippen molar-refractivity contribution in [3.63, 3.8) is 0 Å². The van der Waals surface area contributed by atoms with Gasteiger partial charge in [-0.1, -0.05) is 11.6 Å². The van der Waals surface area contributed by atoms with Crippen LogP contribution in [-0.4, -0.2) is 4.98 Å². The number of hydrogen-bond donors (Lipinski definition) is 1. The number of nitrogen functional groups attached to an aromatic ring is 1. The normalized spacial score (nSPS) is 9.09. The van der Waals surface area contributed by atoms with Crippen LogP contribution in [0.2, 0.25) is 5.15 Å². The van der Waals surface area contributed by atoms with Crippen LogP contribution < -0.4 is 5.73 Å². The number of nitrogens with zero attached hydrogens (tertiary/aromatic N) is 2. The molecule has 1 heterocycles. The summed E-state index contributed by atoms with van der Waals surface area (Å²) in [6.07, 6.45) is 1.79. The van der Waals surface area contributed by atoms with Gasteiger partial charge < -0.3 is 5.73 Å². The van der Waals surface area contributed by atoms with E-state index in [1.807, 2.05) is 6.07 Å². The van der Waals surface area contributed by atoms with E-state index in [0.29, 0.717) is 10.8 Å². The highest BCUT2D eigenvalue weighted by molar-refractivity contribution is 6.29. The number of pyridine rings is 1. The third-order valence-electron chi connectivity index (χ3n) is 1.26. The molecule has 0 saturated carbocycles. The summed E-state index contributed by atoms with van der Waals surface area (Å²) in [6, 6.07) is 3.52. The van der Waals surface area contributed by atoms with Crippen LogP contribution in [-0.2, 0) is 6.42 Å². The molecule has 2 N–H and O–H groups in total. The standard InChI is InChI=1S/C7H6ClN3/c8-7-3-6(10)5(1-2-9)4-11-7/h3-4H,1H2,(H2,10,11). The fourth-order valence-electron chi connectivity index (χ4n) is 0.705. The van der Waals surface area contributed by atoms with Gasteiger partial charge in [0.2, 0.25) is 0 Å². The van der Waals surface area contributed by atoms with Crippen LogP contribution >= 0.6 is 11.6 Å². The van der Waals surface area contributed by atoms with Gasteiger partial charge in [-0.3, -0.25) is 0 Å². The molecule has 0 amide bonds. The maximum absolute atomic E-state index is 8.35. The molecular weight excluding hydrogens is 162 g/mol. The van der Waals surface area contributed by atoms with E-state index in [1.54, 1.807) is 0 Å². The fraction of sp³-hybridized carbons (Fsp3) is 0.143. The molecule has 4 heteroatoms. The number of rotatable bonds is 1. The molecule has 3 nitrogen and oxygen atoms in total. The molecule has 0 bridgehead atoms. The second-order valence-electron chi connectivity index (χ2n) is 2.04. The van der Waals surface area contributed by atoms with Crippen LogP contribution in [0.25, 0.3) is 0 Å². The average molecular weight is 168 g/mol. The van der Waals surface area contributed by atoms with Gasteiger partial charge in [-0.2, -0.15) is 5.26 Å². The predicted octanol–water partition coefficient (Wildman–Crippen LogP) is 1.38. The van der Waals surface area contributed by atoms with Gasteiger partial charge in [0.1, 0.15) is 5.15 Å². The number of halogens is 1. The smallest absolute Gasteiger partial charge is 0.131 e. The van der Waals surface area contributed by atoms with Gasteiger partial charge in [-0.15, -0.1) is 0 Å². The lowest BCUT2D eigenvalue weighted by Crippen LogP contribution is -1.94. The minimum atomic E-state index is 0.274. The molecule has 0 saturated heterocycles. The zero-order valence-electron chi connectivity index (χ0n) is 5.71. The summed E-state index contributed by atoms with van der Waals surface area (Å²) in [5.74, 6) is 0. The Morgan fingerprint density at radius 1 is 1.73 bits per heavy atom. The molecule has 0 atom stereocenters. The zero-order chi connectivity index (χ0) is 8.27. The summed E-state index contributed by atoms with van der Waals surface area (Å²) in [7, 11) is 0. The fourth-order valence-corrected chi connectivity index (χ4v) is 0.872. The number of hydrogen-bond acceptors (Lipinski definition) is 3. The zero-order valence-corrected chi connectivity index (χ0v) is 6.47. The molecule has 0 spiro atoms. The van der Waals surface area contributed by atoms with Gasteiger partial charge in [0.25, 0.3) is 0 Å². The van der Waals surface area contributed by atoms with Gasteiger partial charge in [0.15, 0.2) is 0 Å². The van der Waals surface area contributed by atoms with Crippen molar-refractivity contribution in [3.05, 3.63) is 23.0 Å². The Balaban J connectivity index is 3.01. The van der Waals surface area contributed by atoms with Gasteiger partial charge in [-0.25, -0.2) is 4.98 Å². The molecule has 0 radical (unpaired) electrons. The Hall–Kier alpha value is -1.27. The highest BCUT2D eigenvalue weighted by atomic mass is 35.5. The molecule has 56 valence electrons. The maximum Gasteiger partial charge on any atom is 0.131 e. The summed E-state index contributed by atoms with van der Waals surface area (Å²) >= 11 is 5.54. The van der Waals surface area contributed by atoms with Gasteiger partial charge >= 0.3 is 0 Å². The Morgan fingerprint density at radius 2 is 2.45 bits per heavy atom. The average Bonchev–Trinajstić information content (AvgIpc) is 1.95. The topological polar surface area (TPSA) is 62.7 Å². The van der Waals surface area contributed by atoms with Crippen molar-refractivity contribution < 1.29 is 0 Å². The highest BCUT2D eigenvalue weighted by Gasteiger charge is 1.98. The predicted molar refractivity (Wildman–Crippen MR) is 43.0 cm³/mol. The second-order valence-corrected chi connectivity index (χ2v) is 2.43. The molecule has 11 heavy (non-hydrogen) atoms. The first-order valence-corrected chi connectivity index (χ1v) is 3.38. The maximum atomic E-state index is 8.35. The minimum absolute atomic E-state index is 0.274. The van der Waals surface area contributed by atoms with Crippen LogP contribution in [0.1, 0.15) is 5.56 Å². The van der Waals surface area contributed by atoms with Crippen LogP contribution in [0.15, 0.2) is 12.3 Å². The van der Waals surface area contributed by atoms with Crippen LogP contribution in [0.3, 0.4) is 0 Å². The van der Waals surface area contributed by atoms with E-state index in [2.05, 4.69) is 4.98 Å². The molecule has 1 aromatic rings. The van der Waals surface area contributed by atoms with Crippen LogP contribution in [0.5, 0.6) is 0 Å². The molecule has 0 aliphatic rings. The van der Waals surface area contributed by atoms with Crippen molar-refractivity contribution in [1.82, 2.24) is 4.98 Å². The van der Waals surface area contributed by atoms with Crippen molar-refractivity contribution in [2.24, 2.45) is 0 Å². The molecule has 1 aromatic heterocycles. The lowest BCUT2D eigenvalue weighted by atomic mass is 10.2. The Labute approximate surface area is 69.4 Å². The molecule has 0 aliphatic heterocycles. The van der Waals surface area contributed by atoms with E-state index in [4.69, 9.17) is 22.6 Å². The van der Waals surface area contributed by atoms with Gasteiger partial charge in [0.05, 0.1) is 12.5 Å². The lowest BCUT2D eigenvalue weighted by molar-refractivity contribution is 1.20. The highest BCUT2D eigenvalue weighted by Crippen LogP contribution is 2.14. The first-order chi connectivity index (χ1) is 5.24. The van der Waals surface area contributed by atoms with Crippen molar-refractivity contribution in [2.75, 3.05) is 5.73 Å². The number of nitriles is 1. The van der Waals surface area contributed by atoms with Crippen molar-refractivity contribution in [3.8, 4) is 6.07 Å². The Bertz CT molecular complexity index is 303. The summed E-state index contributed by atoms with van der Waals surface area (Å²) < 4.78 is 0. The monoisotopic (exact) mass is 167 g/mol. The Morgan fingerprint density at radius 3 is 3.00 bits per heavy atom. The van der Waals surface area contributed by atoms with Gasteiger partial charge in [0, 0.05) is 17.4 Å². The van der Waals surface area contributed by atoms with Crippen molar-refractivity contribution in [2.45, 2.75) is 6.42 Å². The Kier molecular flexibility index (Phi) is 2.29. The van der Waals surface area contributed by atoms with E-state index in [-0.39, 0.29) is 6.42 Å². The third-order valence-corrected chi connectivity index (χ3v) is 1.47. The minimum Gasteiger partial charge on any atom is -0.398 e. The van der Waals surface area contributed by atoms with E-state index < -0.39 is 0 Å². The van der Waals surface area contributed by atoms with Crippen molar-refractivity contribution >= 4 is 17.3 Å². The van der Waals surface area contributed by atoms with Gasteiger partial charge in [-0.05, 0) is 6.07 Å². The number of aromatic nitrogens is 1. The summed E-state index contributed by atoms with van der Waals surface area (Å²) in [4.78, 5) is 3.79. The second kappa shape index (κ2) is 3.22. The van der Waals surface area contributed by atoms with Crippen molar-refractivity contribution in [1.29, 1.82) is 5.26 Å². The molecule has 0 aromatic carbocycles. The summed E-state index contributed by atoms with van der Waals surface area (Å²) in [6.45, 7) is 0. The van der Waals surface area contributed by atoms with Crippen LogP contribution in [0, 0.1) is 11.3 Å². The largest absolute Gasteiger partial charge is 0.398 e. The van der Waals surface area contributed by atoms with E-state index in [9.17, 15) is 0 Å². The quantitative estimate of drug-likeness (QED) is 0.643. The molecule has 1 rings (SSSR count). The SMILES string of the molecule is N#CCc1cnc(Cl)cc1N. The molecule has 0 unspecified atom stereocenters. The first-order valence-electron chi connectivity index (χ1n) is 3.01. The van der Waals surface area contributed by atoms with E-state index >= 15 is 0 Å². The molecular formula is C7H6ClN3. The van der Waals surface area contributed by atoms with E-state index in [0.717, 1.165) is 5.56 Å². The lowest BCUT2D eigenvalue weighted by Gasteiger charge is -1.98. The molecule has 0 fully saturated rings. The number of nitrogens with two attached hydrogens (primary N) is 1. The summed E-state index contributed by atoms with van der Waals surface area (Å²) in [5, 5.41) is 8.70. The molecule has 0 aliphatic carbocycles.